The third-order valence-corrected chi connectivity index (χ3v) is 4.09. The van der Waals surface area contributed by atoms with Crippen molar-refractivity contribution in [2.45, 2.75) is 71.1 Å². The van der Waals surface area contributed by atoms with Crippen molar-refractivity contribution in [1.82, 2.24) is 0 Å². The maximum atomic E-state index is 6.11. The fourth-order valence-corrected chi connectivity index (χ4v) is 2.83. The van der Waals surface area contributed by atoms with E-state index in [1.54, 1.807) is 0 Å². The fraction of sp³-hybridized carbons (Fsp3) is 0.867. The van der Waals surface area contributed by atoms with Gasteiger partial charge in [0.2, 0.25) is 0 Å². The van der Waals surface area contributed by atoms with Crippen molar-refractivity contribution in [3.05, 3.63) is 12.2 Å². The van der Waals surface area contributed by atoms with E-state index in [1.165, 1.54) is 44.9 Å². The average molecular weight is 243 g/mol. The average Bonchev–Trinajstić information content (AvgIpc) is 2.61. The first-order valence-electron chi connectivity index (χ1n) is 6.84. The molecule has 94 valence electrons. The Kier molecular flexibility index (Phi) is 5.89. The van der Waals surface area contributed by atoms with E-state index in [-0.39, 0.29) is 0 Å². The number of unbranched alkanes of at least 4 members (excludes halogenated alkanes) is 1. The second-order valence-electron chi connectivity index (χ2n) is 6.07. The van der Waals surface area contributed by atoms with Crippen molar-refractivity contribution in [2.75, 3.05) is 0 Å². The molecule has 0 amide bonds. The van der Waals surface area contributed by atoms with E-state index in [9.17, 15) is 0 Å². The molecule has 0 bridgehead atoms. The molecule has 2 atom stereocenters. The molecule has 16 heavy (non-hydrogen) atoms. The van der Waals surface area contributed by atoms with Gasteiger partial charge in [-0.3, -0.25) is 0 Å². The zero-order valence-electron chi connectivity index (χ0n) is 11.1. The third-order valence-electron chi connectivity index (χ3n) is 3.69. The summed E-state index contributed by atoms with van der Waals surface area (Å²) in [7, 11) is 0. The minimum Gasteiger partial charge on any atom is -0.123 e. The lowest BCUT2D eigenvalue weighted by Crippen LogP contribution is -2.09. The first-order valence-corrected chi connectivity index (χ1v) is 7.28. The van der Waals surface area contributed by atoms with Crippen molar-refractivity contribution in [3.63, 3.8) is 0 Å². The summed E-state index contributed by atoms with van der Waals surface area (Å²) in [4.78, 5) is 0. The number of alkyl halides is 1. The smallest absolute Gasteiger partial charge is 0.0341 e. The molecule has 1 fully saturated rings. The SMILES string of the molecule is CCCCC(C)(C)C/C=C/[C@H]1CC[C@@H](Cl)C1. The Morgan fingerprint density at radius 1 is 1.31 bits per heavy atom. The summed E-state index contributed by atoms with van der Waals surface area (Å²) in [5.74, 6) is 0.754. The van der Waals surface area contributed by atoms with Gasteiger partial charge in [0.05, 0.1) is 0 Å². The molecule has 0 unspecified atom stereocenters. The van der Waals surface area contributed by atoms with Crippen LogP contribution in [0, 0.1) is 11.3 Å². The van der Waals surface area contributed by atoms with E-state index >= 15 is 0 Å². The first kappa shape index (κ1) is 14.1. The molecule has 0 aliphatic heterocycles. The summed E-state index contributed by atoms with van der Waals surface area (Å²) in [6, 6.07) is 0. The maximum absolute atomic E-state index is 6.11. The predicted octanol–water partition coefficient (Wildman–Crippen LogP) is 5.56. The lowest BCUT2D eigenvalue weighted by Gasteiger charge is -2.22. The highest BCUT2D eigenvalue weighted by Gasteiger charge is 2.21. The second kappa shape index (κ2) is 6.69. The van der Waals surface area contributed by atoms with Gasteiger partial charge in [0.1, 0.15) is 0 Å². The van der Waals surface area contributed by atoms with Crippen LogP contribution in [0.15, 0.2) is 12.2 Å². The Labute approximate surface area is 106 Å². The molecule has 0 aromatic rings. The number of rotatable bonds is 6. The third kappa shape index (κ3) is 5.39. The molecule has 0 aromatic carbocycles. The summed E-state index contributed by atoms with van der Waals surface area (Å²) in [5.41, 5.74) is 0.478. The molecule has 1 rings (SSSR count). The lowest BCUT2D eigenvalue weighted by atomic mass is 9.83. The Hall–Kier alpha value is 0.0300. The van der Waals surface area contributed by atoms with Crippen LogP contribution in [0.5, 0.6) is 0 Å². The van der Waals surface area contributed by atoms with Gasteiger partial charge < -0.3 is 0 Å². The minimum atomic E-state index is 0.433. The topological polar surface area (TPSA) is 0 Å². The van der Waals surface area contributed by atoms with Gasteiger partial charge >= 0.3 is 0 Å². The van der Waals surface area contributed by atoms with Gasteiger partial charge in [0.15, 0.2) is 0 Å². The summed E-state index contributed by atoms with van der Waals surface area (Å²) in [5, 5.41) is 0.433. The van der Waals surface area contributed by atoms with Crippen LogP contribution >= 0.6 is 11.6 Å². The van der Waals surface area contributed by atoms with Gasteiger partial charge in [-0.1, -0.05) is 45.8 Å². The Balaban J connectivity index is 2.24. The Bertz CT molecular complexity index is 217. The normalized spacial score (nSPS) is 26.8. The largest absolute Gasteiger partial charge is 0.123 e. The van der Waals surface area contributed by atoms with E-state index in [0.717, 1.165) is 5.92 Å². The van der Waals surface area contributed by atoms with Crippen LogP contribution in [0.1, 0.15) is 65.7 Å². The molecule has 1 heteroatoms. The summed E-state index contributed by atoms with van der Waals surface area (Å²) in [6.45, 7) is 7.03. The number of hydrogen-bond donors (Lipinski definition) is 0. The van der Waals surface area contributed by atoms with Crippen LogP contribution in [-0.4, -0.2) is 5.38 Å². The van der Waals surface area contributed by atoms with Crippen LogP contribution in [0.25, 0.3) is 0 Å². The van der Waals surface area contributed by atoms with E-state index < -0.39 is 0 Å². The first-order chi connectivity index (χ1) is 7.53. The molecule has 0 nitrogen and oxygen atoms in total. The van der Waals surface area contributed by atoms with Gasteiger partial charge in [0, 0.05) is 5.38 Å². The van der Waals surface area contributed by atoms with Crippen molar-refractivity contribution >= 4 is 11.6 Å². The molecule has 1 aliphatic carbocycles. The molecule has 0 saturated heterocycles. The molecule has 0 spiro atoms. The van der Waals surface area contributed by atoms with Crippen LogP contribution in [0.4, 0.5) is 0 Å². The highest BCUT2D eigenvalue weighted by atomic mass is 35.5. The van der Waals surface area contributed by atoms with Crippen molar-refractivity contribution < 1.29 is 0 Å². The van der Waals surface area contributed by atoms with Crippen molar-refractivity contribution in [1.29, 1.82) is 0 Å². The van der Waals surface area contributed by atoms with Crippen LogP contribution in [0.3, 0.4) is 0 Å². The lowest BCUT2D eigenvalue weighted by molar-refractivity contribution is 0.327. The molecule has 0 aromatic heterocycles. The van der Waals surface area contributed by atoms with E-state index in [1.807, 2.05) is 0 Å². The zero-order chi connectivity index (χ0) is 12.0. The highest BCUT2D eigenvalue weighted by Crippen LogP contribution is 2.32. The Morgan fingerprint density at radius 3 is 2.62 bits per heavy atom. The Morgan fingerprint density at radius 2 is 2.06 bits per heavy atom. The molecular formula is C15H27Cl. The number of halogens is 1. The van der Waals surface area contributed by atoms with Crippen LogP contribution in [0.2, 0.25) is 0 Å². The van der Waals surface area contributed by atoms with Gasteiger partial charge in [-0.25, -0.2) is 0 Å². The van der Waals surface area contributed by atoms with Crippen molar-refractivity contribution in [2.24, 2.45) is 11.3 Å². The molecule has 0 N–H and O–H groups in total. The highest BCUT2D eigenvalue weighted by molar-refractivity contribution is 6.20. The van der Waals surface area contributed by atoms with E-state index in [2.05, 4.69) is 32.9 Å². The number of allylic oxidation sites excluding steroid dienone is 2. The quantitative estimate of drug-likeness (QED) is 0.423. The zero-order valence-corrected chi connectivity index (χ0v) is 11.9. The van der Waals surface area contributed by atoms with E-state index in [4.69, 9.17) is 11.6 Å². The predicted molar refractivity (Wildman–Crippen MR) is 74.0 cm³/mol. The number of hydrogen-bond acceptors (Lipinski definition) is 0. The van der Waals surface area contributed by atoms with Gasteiger partial charge in [-0.2, -0.15) is 0 Å². The van der Waals surface area contributed by atoms with Crippen LogP contribution < -0.4 is 0 Å². The fourth-order valence-electron chi connectivity index (χ4n) is 2.47. The molecule has 1 saturated carbocycles. The van der Waals surface area contributed by atoms with Gasteiger partial charge in [-0.05, 0) is 43.4 Å². The van der Waals surface area contributed by atoms with Gasteiger partial charge in [0.25, 0.3) is 0 Å². The summed E-state index contributed by atoms with van der Waals surface area (Å²) in [6.07, 6.45) is 13.7. The van der Waals surface area contributed by atoms with E-state index in [0.29, 0.717) is 10.8 Å². The standard InChI is InChI=1S/C15H27Cl/c1-4-5-10-15(2,3)11-6-7-13-8-9-14(16)12-13/h6-7,13-14H,4-5,8-12H2,1-3H3/b7-6+/t13-,14+/m0/s1. The second-order valence-corrected chi connectivity index (χ2v) is 6.69. The molecule has 1 aliphatic rings. The minimum absolute atomic E-state index is 0.433. The summed E-state index contributed by atoms with van der Waals surface area (Å²) >= 11 is 6.11. The molecule has 0 heterocycles. The monoisotopic (exact) mass is 242 g/mol. The van der Waals surface area contributed by atoms with Gasteiger partial charge in [-0.15, -0.1) is 11.6 Å². The maximum Gasteiger partial charge on any atom is 0.0341 e. The molecular weight excluding hydrogens is 216 g/mol. The van der Waals surface area contributed by atoms with Crippen molar-refractivity contribution in [3.8, 4) is 0 Å². The molecule has 0 radical (unpaired) electrons. The summed E-state index contributed by atoms with van der Waals surface area (Å²) < 4.78 is 0. The van der Waals surface area contributed by atoms with Crippen LogP contribution in [-0.2, 0) is 0 Å².